The number of methoxy groups -OCH3 is 1. The summed E-state index contributed by atoms with van der Waals surface area (Å²) in [6.45, 7) is 9.11. The lowest BCUT2D eigenvalue weighted by atomic mass is 9.96. The van der Waals surface area contributed by atoms with E-state index in [0.29, 0.717) is 47.2 Å². The molecule has 10 heteroatoms. The first-order valence-electron chi connectivity index (χ1n) is 15.0. The lowest BCUT2D eigenvalue weighted by Crippen LogP contribution is -2.21. The van der Waals surface area contributed by atoms with Gasteiger partial charge in [-0.3, -0.25) is 4.79 Å². The van der Waals surface area contributed by atoms with Crippen molar-refractivity contribution in [3.05, 3.63) is 103 Å². The fourth-order valence-electron chi connectivity index (χ4n) is 5.35. The summed E-state index contributed by atoms with van der Waals surface area (Å²) in [6, 6.07) is 20.9. The number of ether oxygens (including phenoxy) is 5. The van der Waals surface area contributed by atoms with E-state index in [0.717, 1.165) is 42.9 Å². The number of para-hydroxylation sites is 1. The summed E-state index contributed by atoms with van der Waals surface area (Å²) in [4.78, 5) is 18.8. The molecule has 1 aliphatic heterocycles. The highest BCUT2D eigenvalue weighted by Crippen LogP contribution is 2.37. The summed E-state index contributed by atoms with van der Waals surface area (Å²) in [5.74, 6) is 4.08. The lowest BCUT2D eigenvalue weighted by Gasteiger charge is -2.17. The van der Waals surface area contributed by atoms with E-state index in [1.54, 1.807) is 19.4 Å². The topological polar surface area (TPSA) is 93.4 Å². The van der Waals surface area contributed by atoms with E-state index in [-0.39, 0.29) is 18.3 Å². The molecule has 236 valence electrons. The molecule has 1 aromatic heterocycles. The zero-order valence-corrected chi connectivity index (χ0v) is 28.5. The number of nitrogens with zero attached hydrogens (tertiary/aromatic N) is 3. The molecule has 0 saturated heterocycles. The second-order valence-corrected chi connectivity index (χ2v) is 12.3. The van der Waals surface area contributed by atoms with E-state index in [9.17, 15) is 4.79 Å². The molecule has 0 saturated carbocycles. The molecular weight excluding hydrogens is 697 g/mol. The minimum absolute atomic E-state index is 0.197. The van der Waals surface area contributed by atoms with Gasteiger partial charge in [-0.05, 0) is 113 Å². The Morgan fingerprint density at radius 1 is 1.02 bits per heavy atom. The summed E-state index contributed by atoms with van der Waals surface area (Å²) >= 11 is 2.23. The molecule has 0 bridgehead atoms. The molecule has 2 heterocycles. The molecule has 0 fully saturated rings. The average Bonchev–Trinajstić information content (AvgIpc) is 3.52. The number of rotatable bonds is 10. The molecule has 0 aliphatic carbocycles. The van der Waals surface area contributed by atoms with E-state index < -0.39 is 0 Å². The Morgan fingerprint density at radius 3 is 2.61 bits per heavy atom. The first-order chi connectivity index (χ1) is 22.3. The summed E-state index contributed by atoms with van der Waals surface area (Å²) in [6.07, 6.45) is 1.65. The molecular formula is C36H34IN3O6. The minimum Gasteiger partial charge on any atom is -0.496 e. The molecule has 5 aromatic rings. The van der Waals surface area contributed by atoms with Gasteiger partial charge in [0.1, 0.15) is 12.4 Å². The Kier molecular flexibility index (Phi) is 9.16. The van der Waals surface area contributed by atoms with Crippen molar-refractivity contribution in [2.24, 2.45) is 5.10 Å². The predicted molar refractivity (Wildman–Crippen MR) is 187 cm³/mol. The monoisotopic (exact) mass is 731 g/mol. The van der Waals surface area contributed by atoms with Crippen LogP contribution in [-0.2, 0) is 6.61 Å². The Hall–Kier alpha value is -4.58. The third kappa shape index (κ3) is 6.26. The van der Waals surface area contributed by atoms with Gasteiger partial charge in [-0.1, -0.05) is 32.0 Å². The van der Waals surface area contributed by atoms with Crippen LogP contribution in [0.15, 0.2) is 76.6 Å². The molecule has 0 N–H and O–H groups in total. The highest BCUT2D eigenvalue weighted by atomic mass is 127. The maximum atomic E-state index is 13.9. The van der Waals surface area contributed by atoms with Crippen LogP contribution >= 0.6 is 22.6 Å². The minimum atomic E-state index is -0.262. The van der Waals surface area contributed by atoms with Crippen molar-refractivity contribution in [1.82, 2.24) is 9.66 Å². The molecule has 0 atom stereocenters. The van der Waals surface area contributed by atoms with E-state index in [2.05, 4.69) is 36.4 Å². The van der Waals surface area contributed by atoms with Crippen LogP contribution in [-0.4, -0.2) is 36.4 Å². The van der Waals surface area contributed by atoms with Gasteiger partial charge in [0, 0.05) is 5.56 Å². The Labute approximate surface area is 280 Å². The molecule has 9 nitrogen and oxygen atoms in total. The molecule has 0 unspecified atom stereocenters. The fourth-order valence-corrected chi connectivity index (χ4v) is 6.13. The van der Waals surface area contributed by atoms with Crippen molar-refractivity contribution in [3.8, 4) is 40.1 Å². The summed E-state index contributed by atoms with van der Waals surface area (Å²) in [7, 11) is 1.67. The fraction of sp³-hybridized carbons (Fsp3) is 0.250. The quantitative estimate of drug-likeness (QED) is 0.107. The summed E-state index contributed by atoms with van der Waals surface area (Å²) < 4.78 is 31.0. The van der Waals surface area contributed by atoms with Gasteiger partial charge in [-0.2, -0.15) is 9.78 Å². The Balaban J connectivity index is 1.39. The number of aromatic nitrogens is 2. The van der Waals surface area contributed by atoms with Crippen LogP contribution in [0.1, 0.15) is 48.9 Å². The van der Waals surface area contributed by atoms with Crippen molar-refractivity contribution < 1.29 is 23.7 Å². The first kappa shape index (κ1) is 31.4. The molecule has 46 heavy (non-hydrogen) atoms. The van der Waals surface area contributed by atoms with Gasteiger partial charge >= 0.3 is 0 Å². The zero-order valence-electron chi connectivity index (χ0n) is 26.3. The number of hydrogen-bond donors (Lipinski definition) is 0. The van der Waals surface area contributed by atoms with E-state index in [1.165, 1.54) is 4.68 Å². The van der Waals surface area contributed by atoms with Gasteiger partial charge in [0.05, 0.1) is 34.4 Å². The predicted octanol–water partition coefficient (Wildman–Crippen LogP) is 7.70. The molecule has 0 spiro atoms. The van der Waals surface area contributed by atoms with E-state index >= 15 is 0 Å². The SMILES string of the molecule is CCOc1cc(C=Nn2c(-c3cc(C(C)C)c(OC)cc3C)nc3ccccc3c2=O)cc(I)c1OCc1ccc2c(c1)OCO2. The van der Waals surface area contributed by atoms with Gasteiger partial charge in [-0.25, -0.2) is 4.98 Å². The number of halogens is 1. The molecule has 1 aliphatic rings. The normalized spacial score (nSPS) is 12.3. The zero-order chi connectivity index (χ0) is 32.4. The van der Waals surface area contributed by atoms with Crippen LogP contribution in [0.5, 0.6) is 28.7 Å². The maximum absolute atomic E-state index is 13.9. The highest BCUT2D eigenvalue weighted by Gasteiger charge is 2.19. The number of aryl methyl sites for hydroxylation is 1. The molecule has 4 aromatic carbocycles. The van der Waals surface area contributed by atoms with Gasteiger partial charge < -0.3 is 23.7 Å². The average molecular weight is 732 g/mol. The molecule has 0 radical (unpaired) electrons. The third-order valence-corrected chi connectivity index (χ3v) is 8.47. The van der Waals surface area contributed by atoms with Crippen LogP contribution in [0.25, 0.3) is 22.3 Å². The van der Waals surface area contributed by atoms with Crippen molar-refractivity contribution in [1.29, 1.82) is 0 Å². The summed E-state index contributed by atoms with van der Waals surface area (Å²) in [5.41, 5.74) is 4.77. The third-order valence-electron chi connectivity index (χ3n) is 7.67. The first-order valence-corrected chi connectivity index (χ1v) is 16.1. The van der Waals surface area contributed by atoms with Crippen LogP contribution in [0.3, 0.4) is 0 Å². The highest BCUT2D eigenvalue weighted by molar-refractivity contribution is 14.1. The van der Waals surface area contributed by atoms with Crippen LogP contribution in [0, 0.1) is 10.5 Å². The van der Waals surface area contributed by atoms with Crippen molar-refractivity contribution in [3.63, 3.8) is 0 Å². The van der Waals surface area contributed by atoms with Crippen LogP contribution in [0.4, 0.5) is 0 Å². The van der Waals surface area contributed by atoms with Crippen molar-refractivity contribution in [2.75, 3.05) is 20.5 Å². The van der Waals surface area contributed by atoms with E-state index in [1.807, 2.05) is 74.5 Å². The van der Waals surface area contributed by atoms with Crippen LogP contribution in [0.2, 0.25) is 0 Å². The van der Waals surface area contributed by atoms with Gasteiger partial charge in [0.25, 0.3) is 5.56 Å². The number of fused-ring (bicyclic) bond motifs is 2. The number of benzene rings is 4. The second kappa shape index (κ2) is 13.4. The largest absolute Gasteiger partial charge is 0.496 e. The van der Waals surface area contributed by atoms with Gasteiger partial charge in [-0.15, -0.1) is 0 Å². The van der Waals surface area contributed by atoms with Crippen molar-refractivity contribution in [2.45, 2.75) is 40.2 Å². The second-order valence-electron chi connectivity index (χ2n) is 11.1. The van der Waals surface area contributed by atoms with E-state index in [4.69, 9.17) is 33.8 Å². The maximum Gasteiger partial charge on any atom is 0.282 e. The van der Waals surface area contributed by atoms with Gasteiger partial charge in [0.15, 0.2) is 28.8 Å². The Morgan fingerprint density at radius 2 is 1.83 bits per heavy atom. The van der Waals surface area contributed by atoms with Crippen LogP contribution < -0.4 is 29.2 Å². The standard InChI is InChI=1S/C36H34IN3O6/c1-6-43-33-16-24(14-28(37)34(33)44-19-23-11-12-30-32(15-23)46-20-45-30)18-38-40-35(39-29-10-8-7-9-25(29)36(40)41)27-17-26(21(2)3)31(42-5)13-22(27)4/h7-18,21H,6,19-20H2,1-5H3. The van der Waals surface area contributed by atoms with Gasteiger partial charge in [0.2, 0.25) is 6.79 Å². The molecule has 0 amide bonds. The van der Waals surface area contributed by atoms with Crippen molar-refractivity contribution >= 4 is 39.7 Å². The lowest BCUT2D eigenvalue weighted by molar-refractivity contribution is 0.174. The molecule has 6 rings (SSSR count). The Bertz CT molecular complexity index is 2020. The summed E-state index contributed by atoms with van der Waals surface area (Å²) in [5, 5.41) is 5.20. The smallest absolute Gasteiger partial charge is 0.282 e. The number of hydrogen-bond acceptors (Lipinski definition) is 8.